The molecule has 0 spiro atoms. The molecule has 8 nitrogen and oxygen atoms in total. The molecule has 2 fully saturated rings. The number of amides is 2. The molecule has 2 aliphatic heterocycles. The lowest BCUT2D eigenvalue weighted by Gasteiger charge is -2.26. The van der Waals surface area contributed by atoms with Crippen LogP contribution in [0, 0.1) is 0 Å². The van der Waals surface area contributed by atoms with E-state index >= 15 is 0 Å². The first kappa shape index (κ1) is 18.6. The topological polar surface area (TPSA) is 91.3 Å². The van der Waals surface area contributed by atoms with Crippen molar-refractivity contribution in [2.45, 2.75) is 18.6 Å². The molecule has 2 aliphatic rings. The third-order valence-electron chi connectivity index (χ3n) is 4.61. The first-order valence-corrected chi connectivity index (χ1v) is 8.95. The lowest BCUT2D eigenvalue weighted by atomic mass is 10.2. The van der Waals surface area contributed by atoms with Crippen LogP contribution in [0.1, 0.15) is 12.8 Å². The highest BCUT2D eigenvalue weighted by atomic mass is 16.7. The number of morpholine rings is 1. The molecule has 1 aromatic carbocycles. The molecule has 2 amide bonds. The van der Waals surface area contributed by atoms with Gasteiger partial charge in [0.05, 0.1) is 13.2 Å². The zero-order chi connectivity index (χ0) is 18.4. The maximum Gasteiger partial charge on any atom is 0.410 e. The molecule has 8 heteroatoms. The van der Waals surface area contributed by atoms with E-state index in [0.29, 0.717) is 18.8 Å². The maximum atomic E-state index is 12.5. The van der Waals surface area contributed by atoms with Crippen molar-refractivity contribution in [2.24, 2.45) is 0 Å². The van der Waals surface area contributed by atoms with Crippen molar-refractivity contribution >= 4 is 17.7 Å². The van der Waals surface area contributed by atoms with Gasteiger partial charge >= 0.3 is 6.09 Å². The van der Waals surface area contributed by atoms with Gasteiger partial charge in [0, 0.05) is 38.3 Å². The maximum absolute atomic E-state index is 12.5. The SMILES string of the molecule is O=C(NCCCN1CCOCC1)O[C@@]1(O)CCN(c2ccccc2)C1=O. The number of ether oxygens (including phenoxy) is 2. The van der Waals surface area contributed by atoms with E-state index in [2.05, 4.69) is 10.2 Å². The van der Waals surface area contributed by atoms with Crippen molar-refractivity contribution in [1.82, 2.24) is 10.2 Å². The van der Waals surface area contributed by atoms with Gasteiger partial charge in [0.25, 0.3) is 11.7 Å². The molecule has 2 saturated heterocycles. The molecule has 0 saturated carbocycles. The molecule has 0 unspecified atom stereocenters. The van der Waals surface area contributed by atoms with Crippen molar-refractivity contribution < 1.29 is 24.2 Å². The van der Waals surface area contributed by atoms with Crippen molar-refractivity contribution in [3.63, 3.8) is 0 Å². The molecule has 0 bridgehead atoms. The summed E-state index contributed by atoms with van der Waals surface area (Å²) in [7, 11) is 0. The number of carbonyl (C=O) groups excluding carboxylic acids is 2. The smallest absolute Gasteiger partial charge is 0.407 e. The Labute approximate surface area is 152 Å². The van der Waals surface area contributed by atoms with Crippen LogP contribution in [-0.4, -0.2) is 73.7 Å². The first-order valence-electron chi connectivity index (χ1n) is 8.95. The third kappa shape index (κ3) is 4.51. The van der Waals surface area contributed by atoms with Crippen molar-refractivity contribution in [2.75, 3.05) is 50.8 Å². The van der Waals surface area contributed by atoms with Gasteiger partial charge in [-0.1, -0.05) is 18.2 Å². The number of nitrogens with zero attached hydrogens (tertiary/aromatic N) is 2. The first-order chi connectivity index (χ1) is 12.6. The molecule has 1 aromatic rings. The fraction of sp³-hybridized carbons (Fsp3) is 0.556. The average Bonchev–Trinajstić information content (AvgIpc) is 2.95. The van der Waals surface area contributed by atoms with Crippen LogP contribution >= 0.6 is 0 Å². The van der Waals surface area contributed by atoms with E-state index in [4.69, 9.17) is 9.47 Å². The molecule has 0 aromatic heterocycles. The summed E-state index contributed by atoms with van der Waals surface area (Å²) in [5.74, 6) is -2.73. The van der Waals surface area contributed by atoms with E-state index in [0.717, 1.165) is 39.3 Å². The Morgan fingerprint density at radius 2 is 1.96 bits per heavy atom. The molecule has 142 valence electrons. The lowest BCUT2D eigenvalue weighted by Crippen LogP contribution is -2.46. The number of anilines is 1. The highest BCUT2D eigenvalue weighted by molar-refractivity contribution is 6.01. The van der Waals surface area contributed by atoms with Crippen LogP contribution in [-0.2, 0) is 14.3 Å². The number of benzene rings is 1. The largest absolute Gasteiger partial charge is 0.410 e. The molecule has 26 heavy (non-hydrogen) atoms. The van der Waals surface area contributed by atoms with Crippen LogP contribution in [0.25, 0.3) is 0 Å². The number of hydrogen-bond donors (Lipinski definition) is 2. The lowest BCUT2D eigenvalue weighted by molar-refractivity contribution is -0.175. The van der Waals surface area contributed by atoms with Gasteiger partial charge in [0.2, 0.25) is 0 Å². The average molecular weight is 363 g/mol. The molecule has 0 radical (unpaired) electrons. The van der Waals surface area contributed by atoms with E-state index in [1.54, 1.807) is 12.1 Å². The molecular weight excluding hydrogens is 338 g/mol. The summed E-state index contributed by atoms with van der Waals surface area (Å²) in [6.45, 7) is 4.84. The minimum Gasteiger partial charge on any atom is -0.407 e. The minimum atomic E-state index is -2.11. The van der Waals surface area contributed by atoms with Crippen molar-refractivity contribution in [3.05, 3.63) is 30.3 Å². The number of para-hydroxylation sites is 1. The summed E-state index contributed by atoms with van der Waals surface area (Å²) in [5, 5.41) is 13.0. The third-order valence-corrected chi connectivity index (χ3v) is 4.61. The predicted molar refractivity (Wildman–Crippen MR) is 94.7 cm³/mol. The van der Waals surface area contributed by atoms with Crippen LogP contribution in [0.4, 0.5) is 10.5 Å². The Hall–Kier alpha value is -2.16. The number of carbonyl (C=O) groups is 2. The van der Waals surface area contributed by atoms with Crippen molar-refractivity contribution in [3.8, 4) is 0 Å². The quantitative estimate of drug-likeness (QED) is 0.567. The molecular formula is C18H25N3O5. The van der Waals surface area contributed by atoms with Gasteiger partial charge in [0.1, 0.15) is 0 Å². The summed E-state index contributed by atoms with van der Waals surface area (Å²) >= 11 is 0. The number of rotatable bonds is 6. The highest BCUT2D eigenvalue weighted by Crippen LogP contribution is 2.29. The zero-order valence-corrected chi connectivity index (χ0v) is 14.7. The summed E-state index contributed by atoms with van der Waals surface area (Å²) in [6.07, 6.45) is 0.0252. The molecule has 2 N–H and O–H groups in total. The van der Waals surface area contributed by atoms with Gasteiger partial charge in [0.15, 0.2) is 0 Å². The highest BCUT2D eigenvalue weighted by Gasteiger charge is 2.49. The monoisotopic (exact) mass is 363 g/mol. The Morgan fingerprint density at radius 1 is 1.23 bits per heavy atom. The van der Waals surface area contributed by atoms with Crippen LogP contribution in [0.5, 0.6) is 0 Å². The second-order valence-corrected chi connectivity index (χ2v) is 6.45. The summed E-state index contributed by atoms with van der Waals surface area (Å²) in [4.78, 5) is 28.1. The predicted octanol–water partition coefficient (Wildman–Crippen LogP) is 0.560. The Bertz CT molecular complexity index is 621. The van der Waals surface area contributed by atoms with E-state index in [1.165, 1.54) is 4.90 Å². The number of nitrogens with one attached hydrogen (secondary N) is 1. The van der Waals surface area contributed by atoms with Crippen LogP contribution in [0.3, 0.4) is 0 Å². The van der Waals surface area contributed by atoms with Gasteiger partial charge in [-0.3, -0.25) is 9.69 Å². The summed E-state index contributed by atoms with van der Waals surface area (Å²) in [5.41, 5.74) is 0.669. The molecule has 1 atom stereocenters. The number of aliphatic hydroxyl groups is 1. The summed E-state index contributed by atoms with van der Waals surface area (Å²) in [6, 6.07) is 9.01. The minimum absolute atomic E-state index is 0.0436. The molecule has 3 rings (SSSR count). The van der Waals surface area contributed by atoms with Crippen LogP contribution < -0.4 is 10.2 Å². The zero-order valence-electron chi connectivity index (χ0n) is 14.7. The fourth-order valence-electron chi connectivity index (χ4n) is 3.14. The Balaban J connectivity index is 1.42. The molecule has 2 heterocycles. The normalized spacial score (nSPS) is 23.9. The van der Waals surface area contributed by atoms with E-state index < -0.39 is 17.8 Å². The van der Waals surface area contributed by atoms with E-state index in [1.807, 2.05) is 18.2 Å². The van der Waals surface area contributed by atoms with Gasteiger partial charge in [-0.05, 0) is 25.1 Å². The Kier molecular flexibility index (Phi) is 6.08. The summed E-state index contributed by atoms with van der Waals surface area (Å²) < 4.78 is 10.3. The fourth-order valence-corrected chi connectivity index (χ4v) is 3.14. The standard InChI is InChI=1S/C18H25N3O5/c22-16-18(24,7-10-21(16)15-5-2-1-3-6-15)26-17(23)19-8-4-9-20-11-13-25-14-12-20/h1-3,5-6,24H,4,7-14H2,(H,19,23)/t18-/m0/s1. The van der Waals surface area contributed by atoms with Gasteiger partial charge in [-0.25, -0.2) is 4.79 Å². The van der Waals surface area contributed by atoms with Crippen LogP contribution in [0.15, 0.2) is 30.3 Å². The second-order valence-electron chi connectivity index (χ2n) is 6.45. The Morgan fingerprint density at radius 3 is 2.69 bits per heavy atom. The second kappa shape index (κ2) is 8.48. The van der Waals surface area contributed by atoms with Crippen molar-refractivity contribution in [1.29, 1.82) is 0 Å². The number of alkyl carbamates (subject to hydrolysis) is 1. The molecule has 0 aliphatic carbocycles. The number of hydrogen-bond acceptors (Lipinski definition) is 6. The van der Waals surface area contributed by atoms with Crippen LogP contribution in [0.2, 0.25) is 0 Å². The van der Waals surface area contributed by atoms with Gasteiger partial charge < -0.3 is 24.8 Å². The van der Waals surface area contributed by atoms with E-state index in [9.17, 15) is 14.7 Å². The van der Waals surface area contributed by atoms with E-state index in [-0.39, 0.29) is 6.42 Å². The van der Waals surface area contributed by atoms with Gasteiger partial charge in [-0.15, -0.1) is 0 Å². The van der Waals surface area contributed by atoms with Gasteiger partial charge in [-0.2, -0.15) is 0 Å².